The predicted octanol–water partition coefficient (Wildman–Crippen LogP) is 2.34. The van der Waals surface area contributed by atoms with Crippen LogP contribution in [-0.2, 0) is 11.2 Å². The second kappa shape index (κ2) is 6.91. The first kappa shape index (κ1) is 16.5. The summed E-state index contributed by atoms with van der Waals surface area (Å²) in [5.41, 5.74) is 0.853. The van der Waals surface area contributed by atoms with Gasteiger partial charge in [-0.2, -0.15) is 0 Å². The molecule has 1 aliphatic heterocycles. The minimum Gasteiger partial charge on any atom is -0.493 e. The summed E-state index contributed by atoms with van der Waals surface area (Å²) in [6, 6.07) is 3.60. The van der Waals surface area contributed by atoms with Gasteiger partial charge in [0, 0.05) is 6.54 Å². The van der Waals surface area contributed by atoms with Gasteiger partial charge in [0.05, 0.1) is 26.6 Å². The number of ether oxygens (including phenoxy) is 3. The second-order valence-electron chi connectivity index (χ2n) is 4.69. The molecule has 1 saturated heterocycles. The van der Waals surface area contributed by atoms with Gasteiger partial charge in [-0.15, -0.1) is 0 Å². The maximum atomic E-state index is 12.2. The zero-order valence-electron chi connectivity index (χ0n) is 13.0. The summed E-state index contributed by atoms with van der Waals surface area (Å²) in [6.45, 7) is 2.19. The number of hydrogen-bond donors (Lipinski definition) is 0. The number of thioether (sulfide) groups is 1. The van der Waals surface area contributed by atoms with Crippen molar-refractivity contribution < 1.29 is 23.8 Å². The normalized spacial score (nSPS) is 17.8. The van der Waals surface area contributed by atoms with Gasteiger partial charge in [-0.05, 0) is 31.0 Å². The summed E-state index contributed by atoms with van der Waals surface area (Å²) in [4.78, 5) is 25.2. The van der Waals surface area contributed by atoms with Crippen molar-refractivity contribution >= 4 is 22.9 Å². The van der Waals surface area contributed by atoms with Gasteiger partial charge in [-0.1, -0.05) is 11.8 Å². The molecule has 1 fully saturated rings. The van der Waals surface area contributed by atoms with E-state index in [-0.39, 0.29) is 11.1 Å². The molecule has 1 atom stereocenters. The number of hydrogen-bond acceptors (Lipinski definition) is 6. The van der Waals surface area contributed by atoms with Crippen LogP contribution >= 0.6 is 11.8 Å². The van der Waals surface area contributed by atoms with E-state index in [0.717, 1.165) is 17.3 Å². The monoisotopic (exact) mass is 325 g/mol. The van der Waals surface area contributed by atoms with Gasteiger partial charge in [0.25, 0.3) is 5.24 Å². The van der Waals surface area contributed by atoms with Gasteiger partial charge in [-0.25, -0.2) is 0 Å². The van der Waals surface area contributed by atoms with Gasteiger partial charge < -0.3 is 14.2 Å². The molecule has 1 aromatic rings. The SMILES string of the molecule is CCN1C(=O)S[C@H](Cc2cc(OC)c(OC)c(OC)c2)C1=O. The van der Waals surface area contributed by atoms with Crippen molar-refractivity contribution in [2.24, 2.45) is 0 Å². The summed E-state index contributed by atoms with van der Waals surface area (Å²) in [6.07, 6.45) is 0.433. The molecule has 1 aromatic carbocycles. The topological polar surface area (TPSA) is 65.1 Å². The summed E-state index contributed by atoms with van der Waals surface area (Å²) in [5.74, 6) is 1.42. The quantitative estimate of drug-likeness (QED) is 0.800. The third kappa shape index (κ3) is 2.99. The number of rotatable bonds is 6. The van der Waals surface area contributed by atoms with E-state index < -0.39 is 5.25 Å². The van der Waals surface area contributed by atoms with Crippen molar-refractivity contribution in [2.45, 2.75) is 18.6 Å². The fourth-order valence-corrected chi connectivity index (χ4v) is 3.47. The van der Waals surface area contributed by atoms with Gasteiger partial charge in [-0.3, -0.25) is 14.5 Å². The first-order valence-electron chi connectivity index (χ1n) is 6.86. The molecule has 2 rings (SSSR count). The maximum Gasteiger partial charge on any atom is 0.289 e. The molecule has 120 valence electrons. The number of nitrogens with zero attached hydrogens (tertiary/aromatic N) is 1. The summed E-state index contributed by atoms with van der Waals surface area (Å²) in [7, 11) is 4.62. The second-order valence-corrected chi connectivity index (χ2v) is 5.85. The molecule has 2 amide bonds. The lowest BCUT2D eigenvalue weighted by Gasteiger charge is -2.15. The highest BCUT2D eigenvalue weighted by Crippen LogP contribution is 2.39. The van der Waals surface area contributed by atoms with Crippen LogP contribution in [0.15, 0.2) is 12.1 Å². The van der Waals surface area contributed by atoms with Gasteiger partial charge >= 0.3 is 0 Å². The van der Waals surface area contributed by atoms with Gasteiger partial charge in [0.15, 0.2) is 11.5 Å². The number of methoxy groups -OCH3 is 3. The molecular formula is C15H19NO5S. The van der Waals surface area contributed by atoms with Crippen LogP contribution in [0, 0.1) is 0 Å². The molecule has 0 saturated carbocycles. The minimum atomic E-state index is -0.407. The molecule has 1 heterocycles. The van der Waals surface area contributed by atoms with Crippen LogP contribution in [0.25, 0.3) is 0 Å². The summed E-state index contributed by atoms with van der Waals surface area (Å²) >= 11 is 1.06. The van der Waals surface area contributed by atoms with E-state index in [2.05, 4.69) is 0 Å². The molecular weight excluding hydrogens is 306 g/mol. The van der Waals surface area contributed by atoms with Crippen LogP contribution < -0.4 is 14.2 Å². The van der Waals surface area contributed by atoms with E-state index in [4.69, 9.17) is 14.2 Å². The minimum absolute atomic E-state index is 0.147. The fraction of sp³-hybridized carbons (Fsp3) is 0.467. The van der Waals surface area contributed by atoms with Gasteiger partial charge in [0.1, 0.15) is 0 Å². The molecule has 22 heavy (non-hydrogen) atoms. The Morgan fingerprint density at radius 2 is 1.68 bits per heavy atom. The van der Waals surface area contributed by atoms with E-state index >= 15 is 0 Å². The van der Waals surface area contributed by atoms with Crippen molar-refractivity contribution in [1.29, 1.82) is 0 Å². The Morgan fingerprint density at radius 3 is 2.09 bits per heavy atom. The Kier molecular flexibility index (Phi) is 5.18. The third-order valence-corrected chi connectivity index (χ3v) is 4.54. The molecule has 7 heteroatoms. The average Bonchev–Trinajstić information content (AvgIpc) is 2.79. The lowest BCUT2D eigenvalue weighted by atomic mass is 10.1. The third-order valence-electron chi connectivity index (χ3n) is 3.47. The molecule has 1 aliphatic rings. The predicted molar refractivity (Wildman–Crippen MR) is 84.0 cm³/mol. The largest absolute Gasteiger partial charge is 0.493 e. The first-order valence-corrected chi connectivity index (χ1v) is 7.74. The van der Waals surface area contributed by atoms with E-state index in [0.29, 0.717) is 30.2 Å². The number of benzene rings is 1. The smallest absolute Gasteiger partial charge is 0.289 e. The van der Waals surface area contributed by atoms with Crippen LogP contribution in [0.2, 0.25) is 0 Å². The molecule has 6 nitrogen and oxygen atoms in total. The Labute approximate surface area is 133 Å². The maximum absolute atomic E-state index is 12.2. The van der Waals surface area contributed by atoms with Gasteiger partial charge in [0.2, 0.25) is 11.7 Å². The van der Waals surface area contributed by atoms with Crippen molar-refractivity contribution in [3.8, 4) is 17.2 Å². The van der Waals surface area contributed by atoms with Crippen molar-refractivity contribution in [3.63, 3.8) is 0 Å². The van der Waals surface area contributed by atoms with Crippen LogP contribution in [0.3, 0.4) is 0 Å². The summed E-state index contributed by atoms with van der Waals surface area (Å²) < 4.78 is 15.9. The Balaban J connectivity index is 2.27. The highest BCUT2D eigenvalue weighted by atomic mass is 32.2. The van der Waals surface area contributed by atoms with E-state index in [9.17, 15) is 9.59 Å². The van der Waals surface area contributed by atoms with Crippen molar-refractivity contribution in [1.82, 2.24) is 4.90 Å². The van der Waals surface area contributed by atoms with E-state index in [1.807, 2.05) is 0 Å². The zero-order valence-corrected chi connectivity index (χ0v) is 13.9. The molecule has 0 aromatic heterocycles. The molecule has 0 unspecified atom stereocenters. The van der Waals surface area contributed by atoms with Crippen LogP contribution in [-0.4, -0.2) is 49.2 Å². The molecule has 0 bridgehead atoms. The first-order chi connectivity index (χ1) is 10.5. The van der Waals surface area contributed by atoms with Crippen molar-refractivity contribution in [3.05, 3.63) is 17.7 Å². The van der Waals surface area contributed by atoms with E-state index in [1.165, 1.54) is 12.0 Å². The summed E-state index contributed by atoms with van der Waals surface area (Å²) in [5, 5.41) is -0.597. The number of imide groups is 1. The van der Waals surface area contributed by atoms with Crippen LogP contribution in [0.4, 0.5) is 4.79 Å². The highest BCUT2D eigenvalue weighted by Gasteiger charge is 2.38. The number of carbonyl (C=O) groups excluding carboxylic acids is 2. The fourth-order valence-electron chi connectivity index (χ4n) is 2.38. The molecule has 0 radical (unpaired) electrons. The Bertz CT molecular complexity index is 564. The number of amides is 2. The standard InChI is InChI=1S/C15H19NO5S/c1-5-16-14(17)12(22-15(16)18)8-9-6-10(19-2)13(21-4)11(7-9)20-3/h6-7,12H,5,8H2,1-4H3/t12-/m1/s1. The highest BCUT2D eigenvalue weighted by molar-refractivity contribution is 8.15. The lowest BCUT2D eigenvalue weighted by Crippen LogP contribution is -2.31. The zero-order chi connectivity index (χ0) is 16.3. The molecule has 0 N–H and O–H groups in total. The van der Waals surface area contributed by atoms with E-state index in [1.54, 1.807) is 33.3 Å². The molecule has 0 aliphatic carbocycles. The Hall–Kier alpha value is -1.89. The van der Waals surface area contributed by atoms with Crippen LogP contribution in [0.1, 0.15) is 12.5 Å². The average molecular weight is 325 g/mol. The van der Waals surface area contributed by atoms with Crippen molar-refractivity contribution in [2.75, 3.05) is 27.9 Å². The Morgan fingerprint density at radius 1 is 1.09 bits per heavy atom. The molecule has 0 spiro atoms. The van der Waals surface area contributed by atoms with Crippen LogP contribution in [0.5, 0.6) is 17.2 Å². The lowest BCUT2D eigenvalue weighted by molar-refractivity contribution is -0.126. The number of carbonyl (C=O) groups is 2.